The van der Waals surface area contributed by atoms with E-state index in [9.17, 15) is 0 Å². The summed E-state index contributed by atoms with van der Waals surface area (Å²) in [6, 6.07) is 9.12. The Morgan fingerprint density at radius 1 is 1.19 bits per heavy atom. The predicted molar refractivity (Wildman–Crippen MR) is 84.7 cm³/mol. The van der Waals surface area contributed by atoms with E-state index in [0.29, 0.717) is 16.3 Å². The molecule has 0 saturated carbocycles. The van der Waals surface area contributed by atoms with Crippen LogP contribution in [0.5, 0.6) is 11.5 Å². The number of nitrogens with zero attached hydrogens (tertiary/aromatic N) is 1. The van der Waals surface area contributed by atoms with Gasteiger partial charge in [-0.2, -0.15) is 0 Å². The molecule has 0 aliphatic heterocycles. The van der Waals surface area contributed by atoms with Gasteiger partial charge in [0.25, 0.3) is 0 Å². The lowest BCUT2D eigenvalue weighted by molar-refractivity contribution is 0.318. The van der Waals surface area contributed by atoms with Crippen molar-refractivity contribution in [3.63, 3.8) is 0 Å². The second kappa shape index (κ2) is 6.06. The largest absolute Gasteiger partial charge is 0.457 e. The number of benzene rings is 2. The number of nitrogens with two attached hydrogens (primary N) is 1. The third-order valence-corrected chi connectivity index (χ3v) is 3.63. The van der Waals surface area contributed by atoms with Crippen LogP contribution in [0.4, 0.5) is 0 Å². The first-order valence-corrected chi connectivity index (χ1v) is 6.83. The Kier molecular flexibility index (Phi) is 4.38. The number of ether oxygens (including phenoxy) is 1. The van der Waals surface area contributed by atoms with E-state index in [4.69, 9.17) is 27.3 Å². The van der Waals surface area contributed by atoms with Gasteiger partial charge >= 0.3 is 0 Å². The van der Waals surface area contributed by atoms with Crippen molar-refractivity contribution in [3.05, 3.63) is 57.6 Å². The van der Waals surface area contributed by atoms with Gasteiger partial charge in [0.05, 0.1) is 5.02 Å². The zero-order valence-electron chi connectivity index (χ0n) is 12.1. The average molecular weight is 305 g/mol. The van der Waals surface area contributed by atoms with Gasteiger partial charge in [0.1, 0.15) is 11.5 Å². The van der Waals surface area contributed by atoms with Crippen LogP contribution in [0, 0.1) is 20.8 Å². The monoisotopic (exact) mass is 304 g/mol. The minimum atomic E-state index is -0.0332. The number of hydrogen-bond donors (Lipinski definition) is 2. The van der Waals surface area contributed by atoms with Crippen molar-refractivity contribution in [1.82, 2.24) is 0 Å². The maximum atomic E-state index is 8.69. The summed E-state index contributed by atoms with van der Waals surface area (Å²) in [5.74, 6) is 1.36. The first-order chi connectivity index (χ1) is 9.92. The van der Waals surface area contributed by atoms with Gasteiger partial charge in [-0.1, -0.05) is 22.8 Å². The van der Waals surface area contributed by atoms with E-state index in [1.54, 1.807) is 18.2 Å². The van der Waals surface area contributed by atoms with Crippen LogP contribution in [0.15, 0.2) is 35.5 Å². The van der Waals surface area contributed by atoms with Gasteiger partial charge < -0.3 is 15.7 Å². The van der Waals surface area contributed by atoms with Crippen LogP contribution in [0.2, 0.25) is 5.02 Å². The zero-order chi connectivity index (χ0) is 15.6. The van der Waals surface area contributed by atoms with Crippen molar-refractivity contribution in [2.75, 3.05) is 0 Å². The molecule has 0 atom stereocenters. The van der Waals surface area contributed by atoms with Crippen molar-refractivity contribution in [2.45, 2.75) is 20.8 Å². The van der Waals surface area contributed by atoms with Gasteiger partial charge in [0, 0.05) is 11.6 Å². The van der Waals surface area contributed by atoms with Crippen LogP contribution in [0.1, 0.15) is 22.3 Å². The normalized spacial score (nSPS) is 11.5. The Morgan fingerprint density at radius 3 is 2.52 bits per heavy atom. The number of halogens is 1. The molecule has 5 heteroatoms. The Balaban J connectivity index is 2.35. The fourth-order valence-corrected chi connectivity index (χ4v) is 2.32. The van der Waals surface area contributed by atoms with Gasteiger partial charge in [-0.3, -0.25) is 0 Å². The molecule has 0 unspecified atom stereocenters. The molecule has 0 fully saturated rings. The van der Waals surface area contributed by atoms with Crippen LogP contribution in [0.3, 0.4) is 0 Å². The van der Waals surface area contributed by atoms with Gasteiger partial charge in [-0.25, -0.2) is 0 Å². The standard InChI is InChI=1S/C16H17ClN2O2/c1-9-6-10(2)11(3)15(7-9)21-12-4-5-13(14(17)8-12)16(18)19-20/h4-8,20H,1-3H3,(H2,18,19). The van der Waals surface area contributed by atoms with E-state index in [2.05, 4.69) is 11.2 Å². The summed E-state index contributed by atoms with van der Waals surface area (Å²) in [7, 11) is 0. The molecule has 4 nitrogen and oxygen atoms in total. The molecule has 0 bridgehead atoms. The molecule has 2 aromatic carbocycles. The van der Waals surface area contributed by atoms with Crippen LogP contribution in [0.25, 0.3) is 0 Å². The summed E-state index contributed by atoms with van der Waals surface area (Å²) < 4.78 is 5.89. The molecule has 0 amide bonds. The summed E-state index contributed by atoms with van der Waals surface area (Å²) >= 11 is 6.12. The lowest BCUT2D eigenvalue weighted by Crippen LogP contribution is -2.13. The summed E-state index contributed by atoms with van der Waals surface area (Å²) in [4.78, 5) is 0. The lowest BCUT2D eigenvalue weighted by atomic mass is 10.1. The quantitative estimate of drug-likeness (QED) is 0.387. The highest BCUT2D eigenvalue weighted by atomic mass is 35.5. The molecule has 110 valence electrons. The molecule has 0 heterocycles. The third-order valence-electron chi connectivity index (χ3n) is 3.32. The second-order valence-electron chi connectivity index (χ2n) is 4.93. The van der Waals surface area contributed by atoms with Crippen molar-refractivity contribution < 1.29 is 9.94 Å². The molecule has 0 spiro atoms. The maximum absolute atomic E-state index is 8.69. The Bertz CT molecular complexity index is 712. The maximum Gasteiger partial charge on any atom is 0.171 e. The Hall–Kier alpha value is -2.20. The van der Waals surface area contributed by atoms with E-state index >= 15 is 0 Å². The number of rotatable bonds is 3. The minimum absolute atomic E-state index is 0.0332. The minimum Gasteiger partial charge on any atom is -0.457 e. The van der Waals surface area contributed by atoms with Crippen LogP contribution < -0.4 is 10.5 Å². The van der Waals surface area contributed by atoms with Crippen LogP contribution >= 0.6 is 11.6 Å². The third kappa shape index (κ3) is 3.28. The highest BCUT2D eigenvalue weighted by molar-refractivity contribution is 6.34. The summed E-state index contributed by atoms with van der Waals surface area (Å²) in [5.41, 5.74) is 9.38. The first kappa shape index (κ1) is 15.2. The van der Waals surface area contributed by atoms with Crippen molar-refractivity contribution >= 4 is 17.4 Å². The van der Waals surface area contributed by atoms with Crippen molar-refractivity contribution in [2.24, 2.45) is 10.9 Å². The summed E-state index contributed by atoms with van der Waals surface area (Å²) in [6.07, 6.45) is 0. The first-order valence-electron chi connectivity index (χ1n) is 6.45. The van der Waals surface area contributed by atoms with Crippen molar-refractivity contribution in [1.29, 1.82) is 0 Å². The number of oxime groups is 1. The fraction of sp³-hybridized carbons (Fsp3) is 0.188. The molecule has 21 heavy (non-hydrogen) atoms. The molecule has 2 rings (SSSR count). The van der Waals surface area contributed by atoms with E-state index in [0.717, 1.165) is 16.9 Å². The highest BCUT2D eigenvalue weighted by Crippen LogP contribution is 2.30. The SMILES string of the molecule is Cc1cc(C)c(C)c(Oc2ccc(C(N)=NO)c(Cl)c2)c1. The van der Waals surface area contributed by atoms with Gasteiger partial charge in [0.2, 0.25) is 0 Å². The van der Waals surface area contributed by atoms with Gasteiger partial charge in [-0.05, 0) is 55.7 Å². The zero-order valence-corrected chi connectivity index (χ0v) is 12.9. The number of aryl methyl sites for hydroxylation is 2. The van der Waals surface area contributed by atoms with Crippen molar-refractivity contribution in [3.8, 4) is 11.5 Å². The Morgan fingerprint density at radius 2 is 1.90 bits per heavy atom. The Labute approximate surface area is 128 Å². The van der Waals surface area contributed by atoms with Gasteiger partial charge in [0.15, 0.2) is 5.84 Å². The molecular weight excluding hydrogens is 288 g/mol. The summed E-state index contributed by atoms with van der Waals surface area (Å²) in [5, 5.41) is 12.0. The second-order valence-corrected chi connectivity index (χ2v) is 5.34. The molecule has 2 aromatic rings. The molecule has 0 aliphatic carbocycles. The van der Waals surface area contributed by atoms with E-state index < -0.39 is 0 Å². The topological polar surface area (TPSA) is 67.8 Å². The molecule has 0 aliphatic rings. The van der Waals surface area contributed by atoms with Crippen LogP contribution in [-0.2, 0) is 0 Å². The molecule has 3 N–H and O–H groups in total. The highest BCUT2D eigenvalue weighted by Gasteiger charge is 2.09. The fourth-order valence-electron chi connectivity index (χ4n) is 2.05. The van der Waals surface area contributed by atoms with E-state index in [1.165, 1.54) is 5.56 Å². The summed E-state index contributed by atoms with van der Waals surface area (Å²) in [6.45, 7) is 6.08. The average Bonchev–Trinajstić information content (AvgIpc) is 2.43. The predicted octanol–water partition coefficient (Wildman–Crippen LogP) is 4.15. The number of hydrogen-bond acceptors (Lipinski definition) is 3. The molecular formula is C16H17ClN2O2. The molecule has 0 radical (unpaired) electrons. The van der Waals surface area contributed by atoms with E-state index in [1.807, 2.05) is 26.8 Å². The smallest absolute Gasteiger partial charge is 0.171 e. The number of amidine groups is 1. The lowest BCUT2D eigenvalue weighted by Gasteiger charge is -2.13. The molecule has 0 aromatic heterocycles. The van der Waals surface area contributed by atoms with Crippen LogP contribution in [-0.4, -0.2) is 11.0 Å². The van der Waals surface area contributed by atoms with E-state index in [-0.39, 0.29) is 5.84 Å². The van der Waals surface area contributed by atoms with Gasteiger partial charge in [-0.15, -0.1) is 0 Å². The molecule has 0 saturated heterocycles.